The van der Waals surface area contributed by atoms with Crippen LogP contribution in [0.3, 0.4) is 0 Å². The summed E-state index contributed by atoms with van der Waals surface area (Å²) in [6.45, 7) is 13.0. The molecule has 3 nitrogen and oxygen atoms in total. The summed E-state index contributed by atoms with van der Waals surface area (Å²) in [7, 11) is 0. The average Bonchev–Trinajstić information content (AvgIpc) is 2.41. The van der Waals surface area contributed by atoms with Crippen LogP contribution in [0.2, 0.25) is 0 Å². The van der Waals surface area contributed by atoms with Gasteiger partial charge in [-0.15, -0.1) is 0 Å². The molecule has 3 heteroatoms. The quantitative estimate of drug-likeness (QED) is 0.783. The smallest absolute Gasteiger partial charge is 0.224 e. The molecule has 0 heterocycles. The van der Waals surface area contributed by atoms with E-state index in [-0.39, 0.29) is 5.91 Å². The maximum absolute atomic E-state index is 12.2. The van der Waals surface area contributed by atoms with Crippen molar-refractivity contribution >= 4 is 11.6 Å². The number of rotatable bonds is 8. The number of nitrogens with one attached hydrogen (secondary N) is 1. The van der Waals surface area contributed by atoms with Crippen LogP contribution in [-0.4, -0.2) is 30.4 Å². The first-order valence-corrected chi connectivity index (χ1v) is 8.09. The highest BCUT2D eigenvalue weighted by Crippen LogP contribution is 2.21. The van der Waals surface area contributed by atoms with Crippen molar-refractivity contribution in [1.82, 2.24) is 4.90 Å². The van der Waals surface area contributed by atoms with Gasteiger partial charge in [0.1, 0.15) is 0 Å². The fraction of sp³-hybridized carbons (Fsp3) is 0.611. The number of hydrogen-bond donors (Lipinski definition) is 1. The Balaban J connectivity index is 2.55. The summed E-state index contributed by atoms with van der Waals surface area (Å²) < 4.78 is 0. The number of nitrogens with zero attached hydrogens (tertiary/aromatic N) is 1. The van der Waals surface area contributed by atoms with Gasteiger partial charge in [0.2, 0.25) is 5.91 Å². The number of carbonyl (C=O) groups excluding carboxylic acids is 1. The van der Waals surface area contributed by atoms with Gasteiger partial charge in [-0.1, -0.05) is 31.5 Å². The van der Waals surface area contributed by atoms with Crippen molar-refractivity contribution in [1.29, 1.82) is 0 Å². The molecule has 0 aliphatic carbocycles. The highest BCUT2D eigenvalue weighted by atomic mass is 16.2. The van der Waals surface area contributed by atoms with Crippen LogP contribution in [0, 0.1) is 20.8 Å². The molecule has 1 amide bonds. The Morgan fingerprint density at radius 1 is 1.05 bits per heavy atom. The van der Waals surface area contributed by atoms with Gasteiger partial charge in [-0.2, -0.15) is 0 Å². The van der Waals surface area contributed by atoms with Crippen LogP contribution in [0.5, 0.6) is 0 Å². The molecule has 0 aliphatic rings. The van der Waals surface area contributed by atoms with Crippen molar-refractivity contribution in [3.63, 3.8) is 0 Å². The first kappa shape index (κ1) is 17.5. The van der Waals surface area contributed by atoms with Crippen LogP contribution >= 0.6 is 0 Å². The molecule has 1 aromatic rings. The van der Waals surface area contributed by atoms with E-state index in [9.17, 15) is 4.79 Å². The van der Waals surface area contributed by atoms with Gasteiger partial charge in [0, 0.05) is 31.7 Å². The Morgan fingerprint density at radius 2 is 1.57 bits per heavy atom. The standard InChI is InChI=1S/C18H30N2O/c1-6-10-20(11-7-2)17(21)8-9-19-18-15(4)12-14(3)13-16(18)5/h12-13,19H,6-11H2,1-5H3. The van der Waals surface area contributed by atoms with Crippen molar-refractivity contribution in [2.24, 2.45) is 0 Å². The van der Waals surface area contributed by atoms with Crippen LogP contribution in [0.1, 0.15) is 49.8 Å². The van der Waals surface area contributed by atoms with E-state index in [2.05, 4.69) is 52.1 Å². The van der Waals surface area contributed by atoms with Gasteiger partial charge in [-0.05, 0) is 44.7 Å². The zero-order valence-corrected chi connectivity index (χ0v) is 14.3. The molecule has 1 aromatic carbocycles. The average molecular weight is 290 g/mol. The van der Waals surface area contributed by atoms with E-state index in [1.54, 1.807) is 0 Å². The lowest BCUT2D eigenvalue weighted by atomic mass is 10.1. The molecule has 0 aromatic heterocycles. The number of benzene rings is 1. The zero-order valence-electron chi connectivity index (χ0n) is 14.3. The molecule has 118 valence electrons. The van der Waals surface area contributed by atoms with Crippen molar-refractivity contribution in [2.75, 3.05) is 25.0 Å². The molecule has 0 saturated heterocycles. The molecule has 0 spiro atoms. The third-order valence-electron chi connectivity index (χ3n) is 3.66. The monoisotopic (exact) mass is 290 g/mol. The van der Waals surface area contributed by atoms with Crippen LogP contribution in [-0.2, 0) is 4.79 Å². The van der Waals surface area contributed by atoms with Gasteiger partial charge in [-0.3, -0.25) is 4.79 Å². The van der Waals surface area contributed by atoms with Crippen molar-refractivity contribution in [3.05, 3.63) is 28.8 Å². The van der Waals surface area contributed by atoms with E-state index in [4.69, 9.17) is 0 Å². The SMILES string of the molecule is CCCN(CCC)C(=O)CCNc1c(C)cc(C)cc1C. The number of anilines is 1. The summed E-state index contributed by atoms with van der Waals surface area (Å²) >= 11 is 0. The minimum absolute atomic E-state index is 0.258. The fourth-order valence-corrected chi connectivity index (χ4v) is 2.81. The van der Waals surface area contributed by atoms with Crippen molar-refractivity contribution in [3.8, 4) is 0 Å². The zero-order chi connectivity index (χ0) is 15.8. The fourth-order valence-electron chi connectivity index (χ4n) is 2.81. The molecular formula is C18H30N2O. The van der Waals surface area contributed by atoms with E-state index < -0.39 is 0 Å². The third kappa shape index (κ3) is 5.41. The summed E-state index contributed by atoms with van der Waals surface area (Å²) in [5, 5.41) is 3.43. The Morgan fingerprint density at radius 3 is 2.05 bits per heavy atom. The van der Waals surface area contributed by atoms with Gasteiger partial charge in [0.05, 0.1) is 0 Å². The number of carbonyl (C=O) groups is 1. The second-order valence-electron chi connectivity index (χ2n) is 5.83. The molecule has 1 rings (SSSR count). The van der Waals surface area contributed by atoms with Gasteiger partial charge >= 0.3 is 0 Å². The second-order valence-corrected chi connectivity index (χ2v) is 5.83. The number of aryl methyl sites for hydroxylation is 3. The normalized spacial score (nSPS) is 10.5. The van der Waals surface area contributed by atoms with Crippen LogP contribution in [0.15, 0.2) is 12.1 Å². The summed E-state index contributed by atoms with van der Waals surface area (Å²) in [6, 6.07) is 4.36. The van der Waals surface area contributed by atoms with Gasteiger partial charge in [0.15, 0.2) is 0 Å². The van der Waals surface area contributed by atoms with Gasteiger partial charge in [0.25, 0.3) is 0 Å². The Labute approximate surface area is 129 Å². The molecule has 0 atom stereocenters. The van der Waals surface area contributed by atoms with Crippen LogP contribution < -0.4 is 5.32 Å². The van der Waals surface area contributed by atoms with Crippen molar-refractivity contribution in [2.45, 2.75) is 53.9 Å². The molecule has 0 unspecified atom stereocenters. The first-order valence-electron chi connectivity index (χ1n) is 8.09. The first-order chi connectivity index (χ1) is 9.99. The second kappa shape index (κ2) is 8.71. The molecule has 21 heavy (non-hydrogen) atoms. The van der Waals surface area contributed by atoms with E-state index >= 15 is 0 Å². The minimum Gasteiger partial charge on any atom is -0.384 e. The Hall–Kier alpha value is -1.51. The molecule has 0 bridgehead atoms. The highest BCUT2D eigenvalue weighted by molar-refractivity contribution is 5.76. The summed E-state index contributed by atoms with van der Waals surface area (Å²) in [4.78, 5) is 14.2. The summed E-state index contributed by atoms with van der Waals surface area (Å²) in [6.07, 6.45) is 2.61. The Kier molecular flexibility index (Phi) is 7.27. The summed E-state index contributed by atoms with van der Waals surface area (Å²) in [5.74, 6) is 0.258. The van der Waals surface area contributed by atoms with Crippen LogP contribution in [0.4, 0.5) is 5.69 Å². The molecule has 0 fully saturated rings. The Bertz CT molecular complexity index is 439. The lowest BCUT2D eigenvalue weighted by Gasteiger charge is -2.22. The molecule has 1 N–H and O–H groups in total. The highest BCUT2D eigenvalue weighted by Gasteiger charge is 2.11. The minimum atomic E-state index is 0.258. The maximum Gasteiger partial charge on any atom is 0.224 e. The lowest BCUT2D eigenvalue weighted by molar-refractivity contribution is -0.131. The van der Waals surface area contributed by atoms with E-state index in [0.717, 1.165) is 25.9 Å². The topological polar surface area (TPSA) is 32.3 Å². The maximum atomic E-state index is 12.2. The van der Waals surface area contributed by atoms with Crippen LogP contribution in [0.25, 0.3) is 0 Å². The molecule has 0 radical (unpaired) electrons. The molecule has 0 aliphatic heterocycles. The molecular weight excluding hydrogens is 260 g/mol. The van der Waals surface area contributed by atoms with E-state index in [0.29, 0.717) is 13.0 Å². The van der Waals surface area contributed by atoms with E-state index in [1.165, 1.54) is 22.4 Å². The third-order valence-corrected chi connectivity index (χ3v) is 3.66. The number of amides is 1. The largest absolute Gasteiger partial charge is 0.384 e. The predicted molar refractivity (Wildman–Crippen MR) is 90.9 cm³/mol. The lowest BCUT2D eigenvalue weighted by Crippen LogP contribution is -2.33. The summed E-state index contributed by atoms with van der Waals surface area (Å²) in [5.41, 5.74) is 4.95. The van der Waals surface area contributed by atoms with Gasteiger partial charge < -0.3 is 10.2 Å². The number of hydrogen-bond acceptors (Lipinski definition) is 2. The predicted octanol–water partition coefficient (Wildman–Crippen LogP) is 4.06. The van der Waals surface area contributed by atoms with Gasteiger partial charge in [-0.25, -0.2) is 0 Å². The molecule has 0 saturated carbocycles. The van der Waals surface area contributed by atoms with Crippen molar-refractivity contribution < 1.29 is 4.79 Å². The van der Waals surface area contributed by atoms with E-state index in [1.807, 2.05) is 4.90 Å².